The zero-order chi connectivity index (χ0) is 21.9. The molecular weight excluding hydrogens is 384 g/mol. The lowest BCUT2D eigenvalue weighted by molar-refractivity contribution is -0.114. The van der Waals surface area contributed by atoms with E-state index in [1.807, 2.05) is 13.8 Å². The molecule has 0 aliphatic heterocycles. The number of hydrogen-bond acceptors (Lipinski definition) is 5. The van der Waals surface area contributed by atoms with Gasteiger partial charge in [-0.1, -0.05) is 6.07 Å². The molecule has 2 rings (SSSR count). The Hall–Kier alpha value is -3.39. The van der Waals surface area contributed by atoms with E-state index < -0.39 is 0 Å². The van der Waals surface area contributed by atoms with Crippen LogP contribution in [0.3, 0.4) is 0 Å². The van der Waals surface area contributed by atoms with E-state index >= 15 is 0 Å². The number of hydrogen-bond donors (Lipinski definition) is 4. The number of amides is 3. The van der Waals surface area contributed by atoms with Gasteiger partial charge in [0.25, 0.3) is 11.8 Å². The molecule has 30 heavy (non-hydrogen) atoms. The summed E-state index contributed by atoms with van der Waals surface area (Å²) in [6.07, 6.45) is 0. The van der Waals surface area contributed by atoms with E-state index in [0.29, 0.717) is 35.7 Å². The number of ether oxygens (including phenoxy) is 1. The first-order valence-corrected chi connectivity index (χ1v) is 9.71. The van der Waals surface area contributed by atoms with Gasteiger partial charge in [-0.2, -0.15) is 0 Å². The van der Waals surface area contributed by atoms with Crippen molar-refractivity contribution in [2.45, 2.75) is 19.9 Å². The average Bonchev–Trinajstić information content (AvgIpc) is 2.72. The summed E-state index contributed by atoms with van der Waals surface area (Å²) in [4.78, 5) is 36.2. The maximum Gasteiger partial charge on any atom is 0.251 e. The molecule has 0 spiro atoms. The Morgan fingerprint density at radius 3 is 2.33 bits per heavy atom. The van der Waals surface area contributed by atoms with E-state index in [-0.39, 0.29) is 30.3 Å². The van der Waals surface area contributed by atoms with Gasteiger partial charge in [0.1, 0.15) is 0 Å². The van der Waals surface area contributed by atoms with E-state index in [0.717, 1.165) is 0 Å². The number of nitrogens with one attached hydrogen (secondary N) is 4. The Balaban J connectivity index is 1.85. The highest BCUT2D eigenvalue weighted by Crippen LogP contribution is 2.12. The molecule has 8 nitrogen and oxygen atoms in total. The molecule has 2 aromatic rings. The van der Waals surface area contributed by atoms with Crippen LogP contribution in [0, 0.1) is 0 Å². The summed E-state index contributed by atoms with van der Waals surface area (Å²) in [7, 11) is 1.57. The van der Waals surface area contributed by atoms with Gasteiger partial charge >= 0.3 is 0 Å². The third-order valence-electron chi connectivity index (χ3n) is 4.02. The Morgan fingerprint density at radius 1 is 0.933 bits per heavy atom. The molecule has 160 valence electrons. The van der Waals surface area contributed by atoms with Crippen LogP contribution in [0.25, 0.3) is 0 Å². The fourth-order valence-electron chi connectivity index (χ4n) is 2.58. The number of anilines is 2. The van der Waals surface area contributed by atoms with Gasteiger partial charge in [-0.3, -0.25) is 14.4 Å². The molecule has 0 aliphatic rings. The van der Waals surface area contributed by atoms with E-state index in [2.05, 4.69) is 21.3 Å². The minimum absolute atomic E-state index is 0.0321. The van der Waals surface area contributed by atoms with Crippen molar-refractivity contribution in [2.75, 3.05) is 37.4 Å². The molecule has 0 radical (unpaired) electrons. The maximum atomic E-state index is 12.2. The summed E-state index contributed by atoms with van der Waals surface area (Å²) in [5, 5.41) is 11.3. The Labute approximate surface area is 176 Å². The zero-order valence-corrected chi connectivity index (χ0v) is 17.5. The maximum absolute atomic E-state index is 12.2. The molecule has 0 atom stereocenters. The quantitative estimate of drug-likeness (QED) is 0.448. The van der Waals surface area contributed by atoms with Crippen molar-refractivity contribution in [3.63, 3.8) is 0 Å². The van der Waals surface area contributed by atoms with Crippen molar-refractivity contribution in [1.82, 2.24) is 10.6 Å². The molecule has 4 N–H and O–H groups in total. The zero-order valence-electron chi connectivity index (χ0n) is 17.5. The molecule has 0 aliphatic carbocycles. The van der Waals surface area contributed by atoms with Gasteiger partial charge in [0, 0.05) is 42.2 Å². The van der Waals surface area contributed by atoms with Crippen LogP contribution in [0.1, 0.15) is 34.6 Å². The number of benzene rings is 2. The topological polar surface area (TPSA) is 109 Å². The summed E-state index contributed by atoms with van der Waals surface area (Å²) in [6, 6.07) is 13.6. The van der Waals surface area contributed by atoms with Gasteiger partial charge in [0.15, 0.2) is 0 Å². The summed E-state index contributed by atoms with van der Waals surface area (Å²) in [6.45, 7) is 4.68. The largest absolute Gasteiger partial charge is 0.383 e. The van der Waals surface area contributed by atoms with E-state index in [1.54, 1.807) is 55.6 Å². The summed E-state index contributed by atoms with van der Waals surface area (Å²) < 4.78 is 4.91. The van der Waals surface area contributed by atoms with Crippen LogP contribution in [0.2, 0.25) is 0 Å². The lowest BCUT2D eigenvalue weighted by atomic mass is 10.2. The Morgan fingerprint density at radius 2 is 1.67 bits per heavy atom. The smallest absolute Gasteiger partial charge is 0.251 e. The fraction of sp³-hybridized carbons (Fsp3) is 0.318. The van der Waals surface area contributed by atoms with Crippen molar-refractivity contribution in [3.8, 4) is 0 Å². The highest BCUT2D eigenvalue weighted by molar-refractivity contribution is 5.97. The number of rotatable bonds is 10. The van der Waals surface area contributed by atoms with Gasteiger partial charge in [-0.15, -0.1) is 0 Å². The van der Waals surface area contributed by atoms with Gasteiger partial charge in [0.2, 0.25) is 5.91 Å². The molecular formula is C22H28N4O4. The summed E-state index contributed by atoms with van der Waals surface area (Å²) in [5.41, 5.74) is 2.27. The van der Waals surface area contributed by atoms with E-state index in [9.17, 15) is 14.4 Å². The van der Waals surface area contributed by atoms with E-state index in [4.69, 9.17) is 4.74 Å². The SMILES string of the molecule is COCCNC(=O)c1cccc(NCC(=O)Nc2ccc(C(=O)NC(C)C)cc2)c1. The molecule has 0 saturated heterocycles. The van der Waals surface area contributed by atoms with E-state index in [1.165, 1.54) is 0 Å². The van der Waals surface area contributed by atoms with Gasteiger partial charge in [-0.05, 0) is 56.3 Å². The molecule has 0 unspecified atom stereocenters. The van der Waals surface area contributed by atoms with Crippen molar-refractivity contribution in [2.24, 2.45) is 0 Å². The van der Waals surface area contributed by atoms with Crippen LogP contribution >= 0.6 is 0 Å². The average molecular weight is 412 g/mol. The van der Waals surface area contributed by atoms with Crippen LogP contribution < -0.4 is 21.3 Å². The van der Waals surface area contributed by atoms with Crippen LogP contribution in [-0.2, 0) is 9.53 Å². The predicted molar refractivity (Wildman–Crippen MR) is 117 cm³/mol. The Kier molecular flexibility index (Phi) is 8.83. The van der Waals surface area contributed by atoms with Crippen LogP contribution in [0.15, 0.2) is 48.5 Å². The van der Waals surface area contributed by atoms with Crippen molar-refractivity contribution >= 4 is 29.1 Å². The van der Waals surface area contributed by atoms with Gasteiger partial charge in [0.05, 0.1) is 13.2 Å². The van der Waals surface area contributed by atoms with Gasteiger partial charge < -0.3 is 26.0 Å². The number of methoxy groups -OCH3 is 1. The normalized spacial score (nSPS) is 10.4. The van der Waals surface area contributed by atoms with Crippen LogP contribution in [-0.4, -0.2) is 50.6 Å². The van der Waals surface area contributed by atoms with Crippen molar-refractivity contribution in [1.29, 1.82) is 0 Å². The van der Waals surface area contributed by atoms with Crippen molar-refractivity contribution < 1.29 is 19.1 Å². The predicted octanol–water partition coefficient (Wildman–Crippen LogP) is 2.25. The first kappa shape index (κ1) is 22.9. The Bertz CT molecular complexity index is 866. The molecule has 8 heteroatoms. The molecule has 0 aromatic heterocycles. The minimum Gasteiger partial charge on any atom is -0.383 e. The lowest BCUT2D eigenvalue weighted by Gasteiger charge is -2.11. The highest BCUT2D eigenvalue weighted by atomic mass is 16.5. The lowest BCUT2D eigenvalue weighted by Crippen LogP contribution is -2.30. The first-order chi connectivity index (χ1) is 14.4. The molecule has 3 amide bonds. The van der Waals surface area contributed by atoms with Crippen molar-refractivity contribution in [3.05, 3.63) is 59.7 Å². The molecule has 0 bridgehead atoms. The van der Waals surface area contributed by atoms with Crippen LogP contribution in [0.4, 0.5) is 11.4 Å². The number of carbonyl (C=O) groups excluding carboxylic acids is 3. The van der Waals surface area contributed by atoms with Crippen LogP contribution in [0.5, 0.6) is 0 Å². The second kappa shape index (κ2) is 11.6. The minimum atomic E-state index is -0.246. The van der Waals surface area contributed by atoms with Gasteiger partial charge in [-0.25, -0.2) is 0 Å². The fourth-order valence-corrected chi connectivity index (χ4v) is 2.58. The molecule has 0 heterocycles. The third-order valence-corrected chi connectivity index (χ3v) is 4.02. The number of carbonyl (C=O) groups is 3. The summed E-state index contributed by atoms with van der Waals surface area (Å²) in [5.74, 6) is -0.609. The second-order valence-corrected chi connectivity index (χ2v) is 6.94. The molecule has 2 aromatic carbocycles. The highest BCUT2D eigenvalue weighted by Gasteiger charge is 2.09. The standard InChI is InChI=1S/C22H28N4O4/c1-15(2)25-22(29)16-7-9-18(10-8-16)26-20(27)14-24-19-6-4-5-17(13-19)21(28)23-11-12-30-3/h4-10,13,15,24H,11-12,14H2,1-3H3,(H,23,28)(H,25,29)(H,26,27). The monoisotopic (exact) mass is 412 g/mol. The third kappa shape index (κ3) is 7.56. The first-order valence-electron chi connectivity index (χ1n) is 9.71. The second-order valence-electron chi connectivity index (χ2n) is 6.94. The molecule has 0 saturated carbocycles. The molecule has 0 fully saturated rings. The summed E-state index contributed by atoms with van der Waals surface area (Å²) >= 11 is 0.